The number of carbonyl (C=O) groups excluding carboxylic acids is 1. The number of hydrogen-bond acceptors (Lipinski definition) is 6. The van der Waals surface area contributed by atoms with E-state index in [1.165, 1.54) is 12.1 Å². The number of nitrogens with one attached hydrogen (secondary N) is 1. The van der Waals surface area contributed by atoms with Gasteiger partial charge in [-0.3, -0.25) is 4.79 Å². The van der Waals surface area contributed by atoms with Gasteiger partial charge < -0.3 is 9.84 Å². The summed E-state index contributed by atoms with van der Waals surface area (Å²) in [7, 11) is -3.63. The van der Waals surface area contributed by atoms with Crippen molar-refractivity contribution in [1.82, 2.24) is 15.5 Å². The maximum Gasteiger partial charge on any atom is 0.315 e. The molecule has 1 aromatic heterocycles. The van der Waals surface area contributed by atoms with Crippen molar-refractivity contribution in [2.45, 2.75) is 24.2 Å². The van der Waals surface area contributed by atoms with Crippen LogP contribution in [-0.4, -0.2) is 36.8 Å². The van der Waals surface area contributed by atoms with Crippen molar-refractivity contribution in [3.63, 3.8) is 0 Å². The molecule has 0 saturated heterocycles. The minimum absolute atomic E-state index is 0.00950. The van der Waals surface area contributed by atoms with Gasteiger partial charge in [0.2, 0.25) is 0 Å². The van der Waals surface area contributed by atoms with E-state index in [0.29, 0.717) is 6.54 Å². The third kappa shape index (κ3) is 5.47. The van der Waals surface area contributed by atoms with Crippen molar-refractivity contribution >= 4 is 15.7 Å². The number of rotatable bonds is 8. The topological polar surface area (TPSA) is 102 Å². The second-order valence-electron chi connectivity index (χ2n) is 6.56. The number of hydrogen-bond donors (Lipinski definition) is 1. The molecule has 0 saturated carbocycles. The molecule has 0 aliphatic carbocycles. The Balaban J connectivity index is 1.54. The molecular formula is C20H20FN3O4S. The lowest BCUT2D eigenvalue weighted by atomic mass is 10.0. The van der Waals surface area contributed by atoms with Gasteiger partial charge in [0.15, 0.2) is 15.7 Å². The summed E-state index contributed by atoms with van der Waals surface area (Å²) in [5, 5.41) is 6.39. The zero-order valence-electron chi connectivity index (χ0n) is 15.7. The second kappa shape index (κ2) is 8.95. The van der Waals surface area contributed by atoms with E-state index >= 15 is 0 Å². The first kappa shape index (κ1) is 20.7. The molecule has 152 valence electrons. The molecule has 2 aromatic carbocycles. The Hall–Kier alpha value is -3.07. The number of nitrogens with zero attached hydrogens (tertiary/aromatic N) is 2. The summed E-state index contributed by atoms with van der Waals surface area (Å²) in [4.78, 5) is 16.2. The fraction of sp³-hybridized carbons (Fsp3) is 0.250. The molecule has 0 unspecified atom stereocenters. The summed E-state index contributed by atoms with van der Waals surface area (Å²) in [6.45, 7) is 2.37. The fourth-order valence-corrected chi connectivity index (χ4v) is 3.89. The monoisotopic (exact) mass is 417 g/mol. The van der Waals surface area contributed by atoms with Crippen LogP contribution in [-0.2, 0) is 16.3 Å². The number of aromatic nitrogens is 2. The molecule has 0 bridgehead atoms. The third-order valence-corrected chi connectivity index (χ3v) is 6.10. The number of aryl methyl sites for hydroxylation is 1. The Morgan fingerprint density at radius 1 is 1.14 bits per heavy atom. The Morgan fingerprint density at radius 2 is 1.83 bits per heavy atom. The number of halogens is 1. The van der Waals surface area contributed by atoms with Crippen LogP contribution in [0.15, 0.2) is 64.0 Å². The highest BCUT2D eigenvalue weighted by Gasteiger charge is 2.19. The van der Waals surface area contributed by atoms with Crippen molar-refractivity contribution < 1.29 is 22.1 Å². The second-order valence-corrected chi connectivity index (χ2v) is 8.67. The van der Waals surface area contributed by atoms with Gasteiger partial charge in [0.25, 0.3) is 0 Å². The molecule has 0 spiro atoms. The molecule has 1 heterocycles. The molecule has 9 heteroatoms. The van der Waals surface area contributed by atoms with Crippen LogP contribution in [0.1, 0.15) is 34.9 Å². The van der Waals surface area contributed by atoms with Crippen molar-refractivity contribution in [1.29, 1.82) is 0 Å². The van der Waals surface area contributed by atoms with Gasteiger partial charge in [0.1, 0.15) is 5.82 Å². The predicted molar refractivity (Wildman–Crippen MR) is 104 cm³/mol. The highest BCUT2D eigenvalue weighted by molar-refractivity contribution is 7.91. The Morgan fingerprint density at radius 3 is 2.52 bits per heavy atom. The number of amides is 1. The third-order valence-electron chi connectivity index (χ3n) is 4.37. The fourth-order valence-electron chi connectivity index (χ4n) is 2.65. The van der Waals surface area contributed by atoms with E-state index in [1.54, 1.807) is 0 Å². The molecule has 0 aliphatic rings. The molecule has 3 rings (SSSR count). The Bertz CT molecular complexity index is 1070. The molecule has 7 nitrogen and oxygen atoms in total. The maximum atomic E-state index is 12.9. The standard InChI is InChI=1S/C20H20FN3O4S/c1-14(15-5-3-2-4-6-15)13-22-19(25)20-23-18(24-28-20)11-12-29(26,27)17-9-7-16(21)8-10-17/h2-10,14H,11-13H2,1H3,(H,22,25)/t14-/m1/s1. The Labute approximate surface area is 167 Å². The van der Waals surface area contributed by atoms with E-state index in [9.17, 15) is 17.6 Å². The minimum Gasteiger partial charge on any atom is -0.347 e. The van der Waals surface area contributed by atoms with Crippen molar-refractivity contribution in [2.24, 2.45) is 0 Å². The summed E-state index contributed by atoms with van der Waals surface area (Å²) in [5.74, 6) is -1.34. The van der Waals surface area contributed by atoms with Gasteiger partial charge in [-0.05, 0) is 35.7 Å². The van der Waals surface area contributed by atoms with Gasteiger partial charge in [0, 0.05) is 13.0 Å². The van der Waals surface area contributed by atoms with Gasteiger partial charge in [0.05, 0.1) is 10.6 Å². The summed E-state index contributed by atoms with van der Waals surface area (Å²) in [5.41, 5.74) is 1.09. The van der Waals surface area contributed by atoms with E-state index in [1.807, 2.05) is 37.3 Å². The first-order valence-electron chi connectivity index (χ1n) is 8.99. The zero-order chi connectivity index (χ0) is 20.9. The van der Waals surface area contributed by atoms with E-state index < -0.39 is 21.6 Å². The van der Waals surface area contributed by atoms with Crippen LogP contribution < -0.4 is 5.32 Å². The quantitative estimate of drug-likeness (QED) is 0.566. The number of carbonyl (C=O) groups is 1. The lowest BCUT2D eigenvalue weighted by Crippen LogP contribution is -2.27. The highest BCUT2D eigenvalue weighted by Crippen LogP contribution is 2.14. The molecule has 0 radical (unpaired) electrons. The molecule has 3 aromatic rings. The van der Waals surface area contributed by atoms with Crippen molar-refractivity contribution in [3.8, 4) is 0 Å². The van der Waals surface area contributed by atoms with E-state index in [2.05, 4.69) is 15.5 Å². The van der Waals surface area contributed by atoms with Crippen LogP contribution in [0.2, 0.25) is 0 Å². The van der Waals surface area contributed by atoms with Crippen molar-refractivity contribution in [3.05, 3.63) is 77.7 Å². The van der Waals surface area contributed by atoms with Gasteiger partial charge in [-0.25, -0.2) is 12.8 Å². The van der Waals surface area contributed by atoms with Crippen LogP contribution in [0, 0.1) is 5.82 Å². The Kier molecular flexibility index (Phi) is 6.38. The zero-order valence-corrected chi connectivity index (χ0v) is 16.5. The van der Waals surface area contributed by atoms with Crippen LogP contribution in [0.4, 0.5) is 4.39 Å². The molecule has 0 aliphatic heterocycles. The van der Waals surface area contributed by atoms with Crippen LogP contribution in [0.5, 0.6) is 0 Å². The lowest BCUT2D eigenvalue weighted by Gasteiger charge is -2.11. The molecule has 1 amide bonds. The average Bonchev–Trinajstić information content (AvgIpc) is 3.20. The summed E-state index contributed by atoms with van der Waals surface area (Å²) >= 11 is 0. The van der Waals surface area contributed by atoms with E-state index in [-0.39, 0.29) is 34.7 Å². The first-order chi connectivity index (χ1) is 13.8. The molecule has 0 fully saturated rings. The predicted octanol–water partition coefficient (Wildman–Crippen LogP) is 2.76. The smallest absolute Gasteiger partial charge is 0.315 e. The highest BCUT2D eigenvalue weighted by atomic mass is 32.2. The normalized spacial score (nSPS) is 12.5. The maximum absolute atomic E-state index is 12.9. The van der Waals surface area contributed by atoms with Gasteiger partial charge in [-0.2, -0.15) is 4.98 Å². The average molecular weight is 417 g/mol. The lowest BCUT2D eigenvalue weighted by molar-refractivity contribution is 0.0907. The van der Waals surface area contributed by atoms with Gasteiger partial charge >= 0.3 is 11.8 Å². The summed E-state index contributed by atoms with van der Waals surface area (Å²) in [6, 6.07) is 14.3. The minimum atomic E-state index is -3.63. The van der Waals surface area contributed by atoms with E-state index in [4.69, 9.17) is 4.52 Å². The summed E-state index contributed by atoms with van der Waals surface area (Å²) < 4.78 is 42.4. The van der Waals surface area contributed by atoms with E-state index in [0.717, 1.165) is 17.7 Å². The van der Waals surface area contributed by atoms with Crippen LogP contribution in [0.3, 0.4) is 0 Å². The van der Waals surface area contributed by atoms with Gasteiger partial charge in [-0.1, -0.05) is 42.4 Å². The molecular weight excluding hydrogens is 397 g/mol. The van der Waals surface area contributed by atoms with Crippen molar-refractivity contribution in [2.75, 3.05) is 12.3 Å². The van der Waals surface area contributed by atoms with Gasteiger partial charge in [-0.15, -0.1) is 0 Å². The first-order valence-corrected chi connectivity index (χ1v) is 10.6. The van der Waals surface area contributed by atoms with Crippen LogP contribution >= 0.6 is 0 Å². The van der Waals surface area contributed by atoms with Crippen LogP contribution in [0.25, 0.3) is 0 Å². The SMILES string of the molecule is C[C@H](CNC(=O)c1nc(CCS(=O)(=O)c2ccc(F)cc2)no1)c1ccccc1. The number of sulfone groups is 1. The molecule has 1 N–H and O–H groups in total. The summed E-state index contributed by atoms with van der Waals surface area (Å²) in [6.07, 6.45) is -0.0308. The molecule has 1 atom stereocenters. The molecule has 29 heavy (non-hydrogen) atoms. The number of benzene rings is 2. The largest absolute Gasteiger partial charge is 0.347 e.